The molecule has 1 aliphatic rings. The van der Waals surface area contributed by atoms with Crippen molar-refractivity contribution in [2.75, 3.05) is 18.4 Å². The van der Waals surface area contributed by atoms with Gasteiger partial charge in [-0.15, -0.1) is 0 Å². The van der Waals surface area contributed by atoms with Crippen molar-refractivity contribution in [2.24, 2.45) is 5.92 Å². The number of benzene rings is 1. The highest BCUT2D eigenvalue weighted by Gasteiger charge is 2.23. The van der Waals surface area contributed by atoms with Crippen LogP contribution in [0.4, 0.5) is 5.69 Å². The van der Waals surface area contributed by atoms with Gasteiger partial charge in [-0.05, 0) is 48.9 Å². The number of amides is 2. The predicted octanol–water partition coefficient (Wildman–Crippen LogP) is 3.77. The first-order valence-corrected chi connectivity index (χ1v) is 9.24. The van der Waals surface area contributed by atoms with E-state index in [0.717, 1.165) is 43.6 Å². The second-order valence-corrected chi connectivity index (χ2v) is 6.87. The standard InChI is InChI=1S/C21H25N3O2/c1-3-16-9-4-5-10-17(16)23-20(25)18-11-6-12-19(22-18)21(26)24-13-7-8-15(2)14-24/h4-6,9-12,15H,3,7-8,13-14H2,1-2H3,(H,23,25). The van der Waals surface area contributed by atoms with Gasteiger partial charge in [0, 0.05) is 18.8 Å². The maximum Gasteiger partial charge on any atom is 0.274 e. The van der Waals surface area contributed by atoms with Crippen LogP contribution >= 0.6 is 0 Å². The van der Waals surface area contributed by atoms with Crippen molar-refractivity contribution in [3.05, 3.63) is 59.4 Å². The van der Waals surface area contributed by atoms with Gasteiger partial charge in [0.15, 0.2) is 0 Å². The number of rotatable bonds is 4. The van der Waals surface area contributed by atoms with E-state index < -0.39 is 0 Å². The summed E-state index contributed by atoms with van der Waals surface area (Å²) in [4.78, 5) is 31.5. The molecular formula is C21H25N3O2. The van der Waals surface area contributed by atoms with Gasteiger partial charge >= 0.3 is 0 Å². The molecule has 2 amide bonds. The van der Waals surface area contributed by atoms with Crippen LogP contribution in [0.5, 0.6) is 0 Å². The monoisotopic (exact) mass is 351 g/mol. The van der Waals surface area contributed by atoms with E-state index in [9.17, 15) is 9.59 Å². The van der Waals surface area contributed by atoms with Gasteiger partial charge in [-0.3, -0.25) is 9.59 Å². The molecule has 1 unspecified atom stereocenters. The minimum Gasteiger partial charge on any atom is -0.337 e. The van der Waals surface area contributed by atoms with E-state index in [1.54, 1.807) is 18.2 Å². The Kier molecular flexibility index (Phi) is 5.66. The molecule has 1 N–H and O–H groups in total. The minimum absolute atomic E-state index is 0.0971. The molecule has 1 fully saturated rings. The van der Waals surface area contributed by atoms with Gasteiger partial charge in [-0.1, -0.05) is 38.1 Å². The van der Waals surface area contributed by atoms with Crippen LogP contribution in [0.2, 0.25) is 0 Å². The van der Waals surface area contributed by atoms with Crippen molar-refractivity contribution in [2.45, 2.75) is 33.1 Å². The maximum absolute atomic E-state index is 12.7. The highest BCUT2D eigenvalue weighted by Crippen LogP contribution is 2.18. The third-order valence-corrected chi connectivity index (χ3v) is 4.79. The van der Waals surface area contributed by atoms with Crippen LogP contribution in [-0.4, -0.2) is 34.8 Å². The first-order chi connectivity index (χ1) is 12.6. The van der Waals surface area contributed by atoms with E-state index >= 15 is 0 Å². The molecule has 0 spiro atoms. The molecule has 26 heavy (non-hydrogen) atoms. The van der Waals surface area contributed by atoms with Crippen LogP contribution in [-0.2, 0) is 6.42 Å². The van der Waals surface area contributed by atoms with Crippen molar-refractivity contribution in [1.29, 1.82) is 0 Å². The molecule has 0 bridgehead atoms. The lowest BCUT2D eigenvalue weighted by Gasteiger charge is -2.30. The Morgan fingerprint density at radius 1 is 1.15 bits per heavy atom. The van der Waals surface area contributed by atoms with Gasteiger partial charge < -0.3 is 10.2 Å². The molecule has 0 radical (unpaired) electrons. The largest absolute Gasteiger partial charge is 0.337 e. The lowest BCUT2D eigenvalue weighted by atomic mass is 10.00. The van der Waals surface area contributed by atoms with E-state index in [1.165, 1.54) is 0 Å². The number of nitrogens with zero attached hydrogens (tertiary/aromatic N) is 2. The highest BCUT2D eigenvalue weighted by molar-refractivity contribution is 6.04. The first-order valence-electron chi connectivity index (χ1n) is 9.24. The summed E-state index contributed by atoms with van der Waals surface area (Å²) < 4.78 is 0. The molecule has 3 rings (SSSR count). The number of para-hydroxylation sites is 1. The Hall–Kier alpha value is -2.69. The number of carbonyl (C=O) groups is 2. The summed E-state index contributed by atoms with van der Waals surface area (Å²) in [5.41, 5.74) is 2.43. The van der Waals surface area contributed by atoms with Gasteiger partial charge in [0.1, 0.15) is 11.4 Å². The van der Waals surface area contributed by atoms with Crippen LogP contribution in [0.15, 0.2) is 42.5 Å². The van der Waals surface area contributed by atoms with E-state index in [4.69, 9.17) is 0 Å². The second-order valence-electron chi connectivity index (χ2n) is 6.87. The zero-order valence-corrected chi connectivity index (χ0v) is 15.4. The summed E-state index contributed by atoms with van der Waals surface area (Å²) in [6, 6.07) is 12.7. The molecule has 0 saturated carbocycles. The summed E-state index contributed by atoms with van der Waals surface area (Å²) in [5, 5.41) is 2.90. The highest BCUT2D eigenvalue weighted by atomic mass is 16.2. The van der Waals surface area contributed by atoms with E-state index in [2.05, 4.69) is 17.2 Å². The summed E-state index contributed by atoms with van der Waals surface area (Å²) in [6.07, 6.45) is 2.99. The third-order valence-electron chi connectivity index (χ3n) is 4.79. The molecular weight excluding hydrogens is 326 g/mol. The number of likely N-dealkylation sites (tertiary alicyclic amines) is 1. The van der Waals surface area contributed by atoms with Crippen LogP contribution < -0.4 is 5.32 Å². The van der Waals surface area contributed by atoms with E-state index in [-0.39, 0.29) is 17.5 Å². The number of carbonyl (C=O) groups excluding carboxylic acids is 2. The third kappa shape index (κ3) is 4.10. The smallest absolute Gasteiger partial charge is 0.274 e. The fourth-order valence-corrected chi connectivity index (χ4v) is 3.35. The summed E-state index contributed by atoms with van der Waals surface area (Å²) >= 11 is 0. The van der Waals surface area contributed by atoms with Gasteiger partial charge in [0.25, 0.3) is 11.8 Å². The SMILES string of the molecule is CCc1ccccc1NC(=O)c1cccc(C(=O)N2CCCC(C)C2)n1. The summed E-state index contributed by atoms with van der Waals surface area (Å²) in [6.45, 7) is 5.70. The molecule has 1 aromatic heterocycles. The normalized spacial score (nSPS) is 17.0. The van der Waals surface area contributed by atoms with Gasteiger partial charge in [-0.25, -0.2) is 4.98 Å². The second kappa shape index (κ2) is 8.13. The minimum atomic E-state index is -0.299. The Morgan fingerprint density at radius 3 is 2.69 bits per heavy atom. The number of hydrogen-bond donors (Lipinski definition) is 1. The molecule has 1 aromatic carbocycles. The molecule has 0 aliphatic carbocycles. The number of nitrogens with one attached hydrogen (secondary N) is 1. The molecule has 136 valence electrons. The van der Waals surface area contributed by atoms with Crippen LogP contribution in [0, 0.1) is 5.92 Å². The number of hydrogen-bond acceptors (Lipinski definition) is 3. The van der Waals surface area contributed by atoms with Gasteiger partial charge in [0.2, 0.25) is 0 Å². The molecule has 5 nitrogen and oxygen atoms in total. The van der Waals surface area contributed by atoms with Crippen molar-refractivity contribution in [1.82, 2.24) is 9.88 Å². The van der Waals surface area contributed by atoms with Gasteiger partial charge in [0.05, 0.1) is 0 Å². The van der Waals surface area contributed by atoms with Crippen molar-refractivity contribution in [3.8, 4) is 0 Å². The topological polar surface area (TPSA) is 62.3 Å². The Labute approximate surface area is 154 Å². The number of pyridine rings is 1. The van der Waals surface area contributed by atoms with Crippen LogP contribution in [0.25, 0.3) is 0 Å². The number of piperidine rings is 1. The van der Waals surface area contributed by atoms with Crippen LogP contribution in [0.1, 0.15) is 53.2 Å². The molecule has 1 aliphatic heterocycles. The van der Waals surface area contributed by atoms with E-state index in [1.807, 2.05) is 36.1 Å². The molecule has 2 aromatic rings. The average Bonchev–Trinajstić information content (AvgIpc) is 2.68. The maximum atomic E-state index is 12.7. The Balaban J connectivity index is 1.76. The van der Waals surface area contributed by atoms with E-state index in [0.29, 0.717) is 11.6 Å². The predicted molar refractivity (Wildman–Crippen MR) is 102 cm³/mol. The zero-order valence-electron chi connectivity index (χ0n) is 15.4. The summed E-state index contributed by atoms with van der Waals surface area (Å²) in [7, 11) is 0. The Morgan fingerprint density at radius 2 is 1.92 bits per heavy atom. The number of aryl methyl sites for hydroxylation is 1. The summed E-state index contributed by atoms with van der Waals surface area (Å²) in [5.74, 6) is 0.109. The molecule has 1 atom stereocenters. The van der Waals surface area contributed by atoms with Crippen molar-refractivity contribution in [3.63, 3.8) is 0 Å². The van der Waals surface area contributed by atoms with Gasteiger partial charge in [-0.2, -0.15) is 0 Å². The lowest BCUT2D eigenvalue weighted by molar-refractivity contribution is 0.0677. The number of anilines is 1. The molecule has 5 heteroatoms. The first kappa shape index (κ1) is 18.1. The average molecular weight is 351 g/mol. The fourth-order valence-electron chi connectivity index (χ4n) is 3.35. The quantitative estimate of drug-likeness (QED) is 0.912. The number of aromatic nitrogens is 1. The zero-order chi connectivity index (χ0) is 18.5. The molecule has 1 saturated heterocycles. The van der Waals surface area contributed by atoms with Crippen molar-refractivity contribution < 1.29 is 9.59 Å². The molecule has 2 heterocycles. The van der Waals surface area contributed by atoms with Crippen molar-refractivity contribution >= 4 is 17.5 Å². The fraction of sp³-hybridized carbons (Fsp3) is 0.381. The lowest BCUT2D eigenvalue weighted by Crippen LogP contribution is -2.39. The van der Waals surface area contributed by atoms with Crippen LogP contribution in [0.3, 0.4) is 0 Å². The Bertz CT molecular complexity index is 803.